The van der Waals surface area contributed by atoms with E-state index in [4.69, 9.17) is 14.2 Å². The number of aromatic nitrogens is 1. The lowest BCUT2D eigenvalue weighted by atomic mass is 10.0. The highest BCUT2D eigenvalue weighted by Crippen LogP contribution is 2.46. The Bertz CT molecular complexity index is 1970. The smallest absolute Gasteiger partial charge is 0.303 e. The zero-order chi connectivity index (χ0) is 36.5. The summed E-state index contributed by atoms with van der Waals surface area (Å²) in [5.41, 5.74) is 3.35. The van der Waals surface area contributed by atoms with Crippen LogP contribution in [-0.4, -0.2) is 80.7 Å². The average molecular weight is 710 g/mol. The molecular formula is C38H39N5O7S. The standard InChI is InChI=1S/C38H39N5O7S/c1-24-31(21-28(22-39)37(46)41-24)26-9-15-30(16-10-26)49-23-34(45)40-17-18-42(3)19-20-43-32-7-5-6-8-33(32)51-36(35(38(43)47)50-25(2)44)27-11-13-29(48-4)14-12-27/h5-16,21,35-36H,17-20,23H2,1-4H3,(H,40,45)(H,41,46)/t35-,36+/m1/s1. The number of para-hydroxylation sites is 1. The van der Waals surface area contributed by atoms with Gasteiger partial charge in [0, 0.05) is 49.3 Å². The van der Waals surface area contributed by atoms with Crippen molar-refractivity contribution in [3.05, 3.63) is 106 Å². The third kappa shape index (κ3) is 9.16. The fourth-order valence-corrected chi connectivity index (χ4v) is 6.96. The Kier molecular flexibility index (Phi) is 12.2. The van der Waals surface area contributed by atoms with E-state index in [0.717, 1.165) is 27.3 Å². The van der Waals surface area contributed by atoms with Crippen LogP contribution in [0.3, 0.4) is 0 Å². The Balaban J connectivity index is 1.14. The van der Waals surface area contributed by atoms with Gasteiger partial charge >= 0.3 is 5.97 Å². The van der Waals surface area contributed by atoms with Crippen molar-refractivity contribution in [1.82, 2.24) is 15.2 Å². The minimum Gasteiger partial charge on any atom is -0.497 e. The summed E-state index contributed by atoms with van der Waals surface area (Å²) in [4.78, 5) is 58.0. The molecule has 3 aromatic carbocycles. The molecule has 2 heterocycles. The maximum absolute atomic E-state index is 14.1. The van der Waals surface area contributed by atoms with Gasteiger partial charge in [-0.15, -0.1) is 11.8 Å². The molecular weight excluding hydrogens is 671 g/mol. The molecule has 5 rings (SSSR count). The highest BCUT2D eigenvalue weighted by Gasteiger charge is 2.40. The second kappa shape index (κ2) is 16.9. The number of esters is 1. The first-order valence-corrected chi connectivity index (χ1v) is 17.2. The molecule has 0 saturated carbocycles. The van der Waals surface area contributed by atoms with Crippen LogP contribution in [0.25, 0.3) is 11.1 Å². The molecule has 0 radical (unpaired) electrons. The van der Waals surface area contributed by atoms with Gasteiger partial charge in [-0.25, -0.2) is 0 Å². The second-order valence-electron chi connectivity index (χ2n) is 11.9. The SMILES string of the molecule is COc1ccc([C@@H]2Sc3ccccc3N(CCN(C)CCNC(=O)COc3ccc(-c4cc(C#N)c(=O)[nH]c4C)cc3)C(=O)[C@@H]2OC(C)=O)cc1. The number of amides is 2. The third-order valence-electron chi connectivity index (χ3n) is 8.35. The van der Waals surface area contributed by atoms with E-state index in [1.165, 1.54) is 18.7 Å². The topological polar surface area (TPSA) is 154 Å². The maximum Gasteiger partial charge on any atom is 0.303 e. The van der Waals surface area contributed by atoms with Crippen LogP contribution in [0.2, 0.25) is 0 Å². The lowest BCUT2D eigenvalue weighted by Gasteiger charge is -2.29. The van der Waals surface area contributed by atoms with Crippen molar-refractivity contribution in [2.75, 3.05) is 51.8 Å². The van der Waals surface area contributed by atoms with Crippen LogP contribution in [0, 0.1) is 18.3 Å². The third-order valence-corrected chi connectivity index (χ3v) is 9.72. The average Bonchev–Trinajstić information content (AvgIpc) is 3.23. The summed E-state index contributed by atoms with van der Waals surface area (Å²) in [6.45, 7) is 4.60. The van der Waals surface area contributed by atoms with Gasteiger partial charge in [-0.2, -0.15) is 5.26 Å². The first-order chi connectivity index (χ1) is 24.6. The minimum absolute atomic E-state index is 0.0323. The van der Waals surface area contributed by atoms with Gasteiger partial charge in [0.1, 0.15) is 23.1 Å². The Morgan fingerprint density at radius 3 is 2.41 bits per heavy atom. The molecule has 0 aliphatic carbocycles. The van der Waals surface area contributed by atoms with Crippen LogP contribution < -0.4 is 25.2 Å². The summed E-state index contributed by atoms with van der Waals surface area (Å²) >= 11 is 1.48. The Morgan fingerprint density at radius 1 is 1.02 bits per heavy atom. The van der Waals surface area contributed by atoms with E-state index in [2.05, 4.69) is 10.3 Å². The van der Waals surface area contributed by atoms with E-state index in [-0.39, 0.29) is 24.0 Å². The lowest BCUT2D eigenvalue weighted by Crippen LogP contribution is -2.46. The number of nitriles is 1. The fourth-order valence-electron chi connectivity index (χ4n) is 5.64. The molecule has 51 heavy (non-hydrogen) atoms. The van der Waals surface area contributed by atoms with E-state index < -0.39 is 22.9 Å². The van der Waals surface area contributed by atoms with E-state index >= 15 is 0 Å². The van der Waals surface area contributed by atoms with Crippen molar-refractivity contribution in [2.24, 2.45) is 0 Å². The molecule has 0 unspecified atom stereocenters. The number of rotatable bonds is 13. The van der Waals surface area contributed by atoms with Gasteiger partial charge in [-0.05, 0) is 67.6 Å². The number of carbonyl (C=O) groups is 3. The van der Waals surface area contributed by atoms with Crippen LogP contribution in [-0.2, 0) is 19.1 Å². The van der Waals surface area contributed by atoms with Crippen LogP contribution in [0.5, 0.6) is 11.5 Å². The van der Waals surface area contributed by atoms with E-state index in [1.807, 2.05) is 66.5 Å². The number of hydrogen-bond donors (Lipinski definition) is 2. The molecule has 1 aliphatic heterocycles. The van der Waals surface area contributed by atoms with Crippen molar-refractivity contribution >= 4 is 35.2 Å². The van der Waals surface area contributed by atoms with Crippen molar-refractivity contribution in [3.63, 3.8) is 0 Å². The molecule has 4 aromatic rings. The second-order valence-corrected chi connectivity index (χ2v) is 13.1. The summed E-state index contributed by atoms with van der Waals surface area (Å²) in [6.07, 6.45) is -1.04. The van der Waals surface area contributed by atoms with Crippen LogP contribution in [0.15, 0.2) is 88.6 Å². The molecule has 2 amide bonds. The number of aryl methyl sites for hydroxylation is 1. The van der Waals surface area contributed by atoms with E-state index in [1.54, 1.807) is 49.3 Å². The number of methoxy groups -OCH3 is 1. The largest absolute Gasteiger partial charge is 0.497 e. The highest BCUT2D eigenvalue weighted by atomic mass is 32.2. The number of carbonyl (C=O) groups excluding carboxylic acids is 3. The molecule has 0 saturated heterocycles. The number of ether oxygens (including phenoxy) is 3. The number of fused-ring (bicyclic) bond motifs is 1. The number of hydrogen-bond acceptors (Lipinski definition) is 10. The van der Waals surface area contributed by atoms with Crippen molar-refractivity contribution in [1.29, 1.82) is 5.26 Å². The zero-order valence-corrected chi connectivity index (χ0v) is 29.6. The van der Waals surface area contributed by atoms with Crippen molar-refractivity contribution < 1.29 is 28.6 Å². The quantitative estimate of drug-likeness (QED) is 0.190. The van der Waals surface area contributed by atoms with Gasteiger partial charge < -0.3 is 34.3 Å². The van der Waals surface area contributed by atoms with Gasteiger partial charge in [0.2, 0.25) is 0 Å². The number of nitrogens with zero attached hydrogens (tertiary/aromatic N) is 3. The van der Waals surface area contributed by atoms with Gasteiger partial charge in [-0.1, -0.05) is 36.4 Å². The maximum atomic E-state index is 14.1. The predicted molar refractivity (Wildman–Crippen MR) is 194 cm³/mol. The molecule has 12 nitrogen and oxygen atoms in total. The first-order valence-electron chi connectivity index (χ1n) is 16.3. The molecule has 0 spiro atoms. The van der Waals surface area contributed by atoms with E-state index in [9.17, 15) is 24.4 Å². The summed E-state index contributed by atoms with van der Waals surface area (Å²) in [6, 6.07) is 25.5. The van der Waals surface area contributed by atoms with Gasteiger partial charge in [0.05, 0.1) is 18.0 Å². The number of aromatic amines is 1. The van der Waals surface area contributed by atoms with Gasteiger partial charge in [0.25, 0.3) is 17.4 Å². The minimum atomic E-state index is -1.04. The summed E-state index contributed by atoms with van der Waals surface area (Å²) in [5.74, 6) is 0.0450. The summed E-state index contributed by atoms with van der Waals surface area (Å²) < 4.78 is 16.7. The van der Waals surface area contributed by atoms with Crippen molar-refractivity contribution in [2.45, 2.75) is 30.1 Å². The van der Waals surface area contributed by atoms with E-state index in [0.29, 0.717) is 43.4 Å². The predicted octanol–water partition coefficient (Wildman–Crippen LogP) is 4.47. The number of likely N-dealkylation sites (N-methyl/N-ethyl adjacent to an activating group) is 1. The monoisotopic (exact) mass is 709 g/mol. The normalized spacial score (nSPS) is 15.4. The molecule has 0 bridgehead atoms. The molecule has 0 fully saturated rings. The molecule has 13 heteroatoms. The molecule has 2 atom stereocenters. The molecule has 264 valence electrons. The Morgan fingerprint density at radius 2 is 1.73 bits per heavy atom. The number of anilines is 1. The lowest BCUT2D eigenvalue weighted by molar-refractivity contribution is -0.152. The Labute approximate surface area is 300 Å². The molecule has 1 aromatic heterocycles. The van der Waals surface area contributed by atoms with Crippen molar-refractivity contribution in [3.8, 4) is 28.7 Å². The summed E-state index contributed by atoms with van der Waals surface area (Å²) in [7, 11) is 3.49. The van der Waals surface area contributed by atoms with Crippen LogP contribution >= 0.6 is 11.8 Å². The Hall–Kier alpha value is -5.58. The van der Waals surface area contributed by atoms with Gasteiger partial charge in [0.15, 0.2) is 12.7 Å². The van der Waals surface area contributed by atoms with Gasteiger partial charge in [-0.3, -0.25) is 19.2 Å². The number of nitrogens with one attached hydrogen (secondary N) is 2. The zero-order valence-electron chi connectivity index (χ0n) is 28.8. The highest BCUT2D eigenvalue weighted by molar-refractivity contribution is 7.99. The number of benzene rings is 3. The fraction of sp³-hybridized carbons (Fsp3) is 0.289. The first kappa shape index (κ1) is 36.7. The number of thioether (sulfide) groups is 1. The molecule has 2 N–H and O–H groups in total. The molecule has 1 aliphatic rings. The number of pyridine rings is 1. The van der Waals surface area contributed by atoms with Crippen LogP contribution in [0.4, 0.5) is 5.69 Å². The summed E-state index contributed by atoms with van der Waals surface area (Å²) in [5, 5.41) is 11.6. The number of H-pyrrole nitrogens is 1. The van der Waals surface area contributed by atoms with Crippen LogP contribution in [0.1, 0.15) is 29.0 Å².